The van der Waals surface area contributed by atoms with Crippen LogP contribution in [0.25, 0.3) is 11.3 Å². The molecule has 1 N–H and O–H groups in total. The van der Waals surface area contributed by atoms with Crippen molar-refractivity contribution < 1.29 is 4.79 Å². The van der Waals surface area contributed by atoms with Crippen LogP contribution in [0.4, 0.5) is 0 Å². The third kappa shape index (κ3) is 4.15. The largest absolute Gasteiger partial charge is 0.349 e. The maximum atomic E-state index is 12.7. The number of rotatable bonds is 6. The van der Waals surface area contributed by atoms with Crippen LogP contribution in [-0.2, 0) is 6.54 Å². The number of hydrogen-bond donors (Lipinski definition) is 1. The highest BCUT2D eigenvalue weighted by atomic mass is 16.1. The highest BCUT2D eigenvalue weighted by Gasteiger charge is 2.19. The van der Waals surface area contributed by atoms with Crippen LogP contribution in [0.2, 0.25) is 0 Å². The molecule has 4 nitrogen and oxygen atoms in total. The summed E-state index contributed by atoms with van der Waals surface area (Å²) in [6.45, 7) is 4.70. The Morgan fingerprint density at radius 1 is 1.08 bits per heavy atom. The van der Waals surface area contributed by atoms with Crippen LogP contribution in [0, 0.1) is 0 Å². The molecule has 0 unspecified atom stereocenters. The van der Waals surface area contributed by atoms with Crippen molar-refractivity contribution in [1.82, 2.24) is 15.1 Å². The molecule has 4 heteroatoms. The lowest BCUT2D eigenvalue weighted by Gasteiger charge is -2.11. The summed E-state index contributed by atoms with van der Waals surface area (Å²) in [5.41, 5.74) is 3.43. The topological polar surface area (TPSA) is 46.9 Å². The van der Waals surface area contributed by atoms with Gasteiger partial charge < -0.3 is 5.32 Å². The van der Waals surface area contributed by atoms with Crippen LogP contribution in [0.3, 0.4) is 0 Å². The minimum Gasteiger partial charge on any atom is -0.349 e. The second kappa shape index (κ2) is 7.79. The Morgan fingerprint density at radius 3 is 2.36 bits per heavy atom. The first kappa shape index (κ1) is 17.0. The van der Waals surface area contributed by atoms with E-state index in [0.29, 0.717) is 12.1 Å². The average Bonchev–Trinajstić information content (AvgIpc) is 3.07. The molecule has 0 saturated carbocycles. The lowest BCUT2D eigenvalue weighted by atomic mass is 10.1. The highest BCUT2D eigenvalue weighted by Crippen LogP contribution is 2.22. The molecule has 0 radical (unpaired) electrons. The van der Waals surface area contributed by atoms with Gasteiger partial charge in [0.2, 0.25) is 0 Å². The van der Waals surface area contributed by atoms with Crippen LogP contribution in [0.1, 0.15) is 36.2 Å². The molecule has 3 rings (SSSR count). The van der Waals surface area contributed by atoms with E-state index in [9.17, 15) is 4.79 Å². The summed E-state index contributed by atoms with van der Waals surface area (Å²) in [5, 5.41) is 7.73. The van der Waals surface area contributed by atoms with E-state index in [-0.39, 0.29) is 11.9 Å². The summed E-state index contributed by atoms with van der Waals surface area (Å²) in [5.74, 6) is -0.0764. The molecule has 0 spiro atoms. The van der Waals surface area contributed by atoms with Crippen molar-refractivity contribution in [2.24, 2.45) is 0 Å². The number of carbonyl (C=O) groups is 1. The first-order chi connectivity index (χ1) is 12.2. The van der Waals surface area contributed by atoms with Crippen LogP contribution in [0.15, 0.2) is 66.9 Å². The zero-order valence-corrected chi connectivity index (χ0v) is 14.6. The normalized spacial score (nSPS) is 11.9. The summed E-state index contributed by atoms with van der Waals surface area (Å²) in [7, 11) is 0. The van der Waals surface area contributed by atoms with Crippen LogP contribution < -0.4 is 5.32 Å². The molecule has 0 aliphatic carbocycles. The van der Waals surface area contributed by atoms with Crippen molar-refractivity contribution in [3.8, 4) is 11.3 Å². The Kier molecular flexibility index (Phi) is 5.29. The third-order valence-electron chi connectivity index (χ3n) is 4.23. The summed E-state index contributed by atoms with van der Waals surface area (Å²) in [6.07, 6.45) is 2.73. The zero-order chi connectivity index (χ0) is 17.6. The average molecular weight is 333 g/mol. The van der Waals surface area contributed by atoms with Crippen molar-refractivity contribution in [1.29, 1.82) is 0 Å². The molecule has 1 aromatic heterocycles. The Labute approximate surface area is 148 Å². The molecular weight excluding hydrogens is 310 g/mol. The minimum absolute atomic E-state index is 0.0764. The number of nitrogens with zero attached hydrogens (tertiary/aromatic N) is 2. The summed E-state index contributed by atoms with van der Waals surface area (Å²) in [6, 6.07) is 20.1. The second-order valence-electron chi connectivity index (χ2n) is 6.22. The molecule has 2 aromatic carbocycles. The monoisotopic (exact) mass is 333 g/mol. The molecule has 25 heavy (non-hydrogen) atoms. The highest BCUT2D eigenvalue weighted by molar-refractivity contribution is 5.99. The van der Waals surface area contributed by atoms with Gasteiger partial charge in [0.15, 0.2) is 0 Å². The molecule has 1 amide bonds. The van der Waals surface area contributed by atoms with Gasteiger partial charge >= 0.3 is 0 Å². The molecule has 0 fully saturated rings. The SMILES string of the molecule is CC[C@@H](C)NC(=O)c1cn(Cc2ccccc2)nc1-c1ccccc1. The quantitative estimate of drug-likeness (QED) is 0.737. The lowest BCUT2D eigenvalue weighted by Crippen LogP contribution is -2.32. The van der Waals surface area contributed by atoms with Gasteiger partial charge in [0, 0.05) is 17.8 Å². The Hall–Kier alpha value is -2.88. The van der Waals surface area contributed by atoms with E-state index in [1.165, 1.54) is 0 Å². The van der Waals surface area contributed by atoms with Gasteiger partial charge in [-0.25, -0.2) is 0 Å². The van der Waals surface area contributed by atoms with E-state index in [1.807, 2.05) is 66.3 Å². The Bertz CT molecular complexity index is 825. The summed E-state index contributed by atoms with van der Waals surface area (Å²) < 4.78 is 1.84. The fraction of sp³-hybridized carbons (Fsp3) is 0.238. The van der Waals surface area contributed by atoms with Gasteiger partial charge in [0.25, 0.3) is 5.91 Å². The maximum Gasteiger partial charge on any atom is 0.255 e. The van der Waals surface area contributed by atoms with E-state index in [2.05, 4.69) is 29.5 Å². The molecule has 3 aromatic rings. The van der Waals surface area contributed by atoms with Gasteiger partial charge in [-0.05, 0) is 18.9 Å². The van der Waals surface area contributed by atoms with Gasteiger partial charge in [0.05, 0.1) is 12.1 Å². The van der Waals surface area contributed by atoms with Gasteiger partial charge in [-0.1, -0.05) is 67.6 Å². The molecule has 1 atom stereocenters. The molecular formula is C21H23N3O. The van der Waals surface area contributed by atoms with Crippen LogP contribution >= 0.6 is 0 Å². The predicted molar refractivity (Wildman–Crippen MR) is 100 cm³/mol. The fourth-order valence-corrected chi connectivity index (χ4v) is 2.65. The lowest BCUT2D eigenvalue weighted by molar-refractivity contribution is 0.0940. The molecule has 0 saturated heterocycles. The number of carbonyl (C=O) groups excluding carboxylic acids is 1. The predicted octanol–water partition coefficient (Wildman–Crippen LogP) is 4.13. The Morgan fingerprint density at radius 2 is 1.72 bits per heavy atom. The number of aromatic nitrogens is 2. The number of amides is 1. The summed E-state index contributed by atoms with van der Waals surface area (Å²) >= 11 is 0. The van der Waals surface area contributed by atoms with E-state index in [4.69, 9.17) is 0 Å². The van der Waals surface area contributed by atoms with Crippen molar-refractivity contribution in [3.63, 3.8) is 0 Å². The smallest absolute Gasteiger partial charge is 0.255 e. The van der Waals surface area contributed by atoms with Gasteiger partial charge in [-0.2, -0.15) is 5.10 Å². The molecule has 128 valence electrons. The number of benzene rings is 2. The van der Waals surface area contributed by atoms with E-state index < -0.39 is 0 Å². The van der Waals surface area contributed by atoms with Gasteiger partial charge in [-0.3, -0.25) is 9.48 Å². The summed E-state index contributed by atoms with van der Waals surface area (Å²) in [4.78, 5) is 12.7. The first-order valence-electron chi connectivity index (χ1n) is 8.65. The number of nitrogens with one attached hydrogen (secondary N) is 1. The maximum absolute atomic E-state index is 12.7. The third-order valence-corrected chi connectivity index (χ3v) is 4.23. The Balaban J connectivity index is 1.95. The standard InChI is InChI=1S/C21H23N3O/c1-3-16(2)22-21(25)19-15-24(14-17-10-6-4-7-11-17)23-20(19)18-12-8-5-9-13-18/h4-13,15-16H,3,14H2,1-2H3,(H,22,25)/t16-/m1/s1. The van der Waals surface area contributed by atoms with E-state index in [0.717, 1.165) is 23.2 Å². The molecule has 0 aliphatic rings. The van der Waals surface area contributed by atoms with Crippen molar-refractivity contribution in [2.45, 2.75) is 32.9 Å². The van der Waals surface area contributed by atoms with Crippen molar-refractivity contribution in [3.05, 3.63) is 78.0 Å². The van der Waals surface area contributed by atoms with Crippen molar-refractivity contribution in [2.75, 3.05) is 0 Å². The van der Waals surface area contributed by atoms with Gasteiger partial charge in [-0.15, -0.1) is 0 Å². The molecule has 1 heterocycles. The van der Waals surface area contributed by atoms with Gasteiger partial charge in [0.1, 0.15) is 5.69 Å². The molecule has 0 bridgehead atoms. The van der Waals surface area contributed by atoms with Crippen molar-refractivity contribution >= 4 is 5.91 Å². The van der Waals surface area contributed by atoms with Crippen LogP contribution in [0.5, 0.6) is 0 Å². The van der Waals surface area contributed by atoms with Crippen LogP contribution in [-0.4, -0.2) is 21.7 Å². The first-order valence-corrected chi connectivity index (χ1v) is 8.65. The zero-order valence-electron chi connectivity index (χ0n) is 14.6. The number of hydrogen-bond acceptors (Lipinski definition) is 2. The second-order valence-corrected chi connectivity index (χ2v) is 6.22. The molecule has 0 aliphatic heterocycles. The fourth-order valence-electron chi connectivity index (χ4n) is 2.65. The van der Waals surface area contributed by atoms with E-state index >= 15 is 0 Å². The minimum atomic E-state index is -0.0764. The van der Waals surface area contributed by atoms with E-state index in [1.54, 1.807) is 0 Å².